The molecule has 6 heteroatoms. The SMILES string of the molecule is COC(=O)N1CCCC[C@@H]1C(=O)N1C[C@H]2CC[C@@H](C1)C2N. The Bertz CT molecular complexity index is 414. The van der Waals surface area contributed by atoms with E-state index in [-0.39, 0.29) is 24.1 Å². The van der Waals surface area contributed by atoms with Crippen LogP contribution in [-0.2, 0) is 9.53 Å². The number of rotatable bonds is 1. The Morgan fingerprint density at radius 2 is 1.76 bits per heavy atom. The normalized spacial score (nSPS) is 35.7. The summed E-state index contributed by atoms with van der Waals surface area (Å²) in [5, 5.41) is 0. The second-order valence-electron chi connectivity index (χ2n) is 6.59. The molecule has 2 amide bonds. The van der Waals surface area contributed by atoms with Crippen molar-refractivity contribution in [3.63, 3.8) is 0 Å². The van der Waals surface area contributed by atoms with Crippen molar-refractivity contribution in [1.82, 2.24) is 9.80 Å². The molecule has 0 aromatic heterocycles. The molecule has 2 bridgehead atoms. The maximum atomic E-state index is 12.8. The van der Waals surface area contributed by atoms with Crippen LogP contribution in [0.3, 0.4) is 0 Å². The second kappa shape index (κ2) is 5.83. The van der Waals surface area contributed by atoms with Crippen LogP contribution >= 0.6 is 0 Å². The average molecular weight is 295 g/mol. The van der Waals surface area contributed by atoms with Gasteiger partial charge in [0, 0.05) is 25.7 Å². The second-order valence-corrected chi connectivity index (χ2v) is 6.59. The number of ether oxygens (including phenoxy) is 1. The molecule has 0 aromatic carbocycles. The quantitative estimate of drug-likeness (QED) is 0.776. The van der Waals surface area contributed by atoms with Gasteiger partial charge in [0.05, 0.1) is 7.11 Å². The van der Waals surface area contributed by atoms with Crippen LogP contribution in [0, 0.1) is 11.8 Å². The van der Waals surface area contributed by atoms with Gasteiger partial charge < -0.3 is 15.4 Å². The van der Waals surface area contributed by atoms with Crippen molar-refractivity contribution in [2.75, 3.05) is 26.7 Å². The smallest absolute Gasteiger partial charge is 0.410 e. The molecule has 1 saturated carbocycles. The molecule has 118 valence electrons. The zero-order valence-corrected chi connectivity index (χ0v) is 12.7. The standard InChI is InChI=1S/C15H25N3O3/c1-21-15(20)18-7-3-2-4-12(18)14(19)17-8-10-5-6-11(9-17)13(10)16/h10-13H,2-9,16H2,1H3/t10-,11+,12-,13?/m1/s1. The van der Waals surface area contributed by atoms with Crippen molar-refractivity contribution < 1.29 is 14.3 Å². The summed E-state index contributed by atoms with van der Waals surface area (Å²) in [6.45, 7) is 2.12. The summed E-state index contributed by atoms with van der Waals surface area (Å²) < 4.78 is 4.83. The van der Waals surface area contributed by atoms with Crippen LogP contribution in [0.1, 0.15) is 32.1 Å². The maximum absolute atomic E-state index is 12.8. The summed E-state index contributed by atoms with van der Waals surface area (Å²) in [4.78, 5) is 28.3. The van der Waals surface area contributed by atoms with E-state index in [0.717, 1.165) is 45.2 Å². The van der Waals surface area contributed by atoms with Gasteiger partial charge in [-0.3, -0.25) is 9.69 Å². The number of methoxy groups -OCH3 is 1. The lowest BCUT2D eigenvalue weighted by Crippen LogP contribution is -2.57. The van der Waals surface area contributed by atoms with Gasteiger partial charge in [0.25, 0.3) is 0 Å². The average Bonchev–Trinajstić information content (AvgIpc) is 2.75. The van der Waals surface area contributed by atoms with E-state index in [1.165, 1.54) is 7.11 Å². The molecule has 1 aliphatic carbocycles. The largest absolute Gasteiger partial charge is 0.453 e. The summed E-state index contributed by atoms with van der Waals surface area (Å²) in [5.41, 5.74) is 6.20. The predicted octanol–water partition coefficient (Wildman–Crippen LogP) is 0.803. The van der Waals surface area contributed by atoms with Crippen LogP contribution in [0.15, 0.2) is 0 Å². The molecule has 21 heavy (non-hydrogen) atoms. The molecular weight excluding hydrogens is 270 g/mol. The molecule has 2 aliphatic heterocycles. The number of hydrogen-bond donors (Lipinski definition) is 1. The summed E-state index contributed by atoms with van der Waals surface area (Å²) >= 11 is 0. The van der Waals surface area contributed by atoms with Crippen LogP contribution in [0.5, 0.6) is 0 Å². The highest BCUT2D eigenvalue weighted by Crippen LogP contribution is 2.36. The van der Waals surface area contributed by atoms with Gasteiger partial charge in [0.15, 0.2) is 0 Å². The summed E-state index contributed by atoms with van der Waals surface area (Å²) in [6.07, 6.45) is 4.54. The number of piperidine rings is 2. The van der Waals surface area contributed by atoms with E-state index < -0.39 is 0 Å². The van der Waals surface area contributed by atoms with E-state index in [1.54, 1.807) is 4.90 Å². The van der Waals surface area contributed by atoms with E-state index in [2.05, 4.69) is 0 Å². The fourth-order valence-corrected chi connectivity index (χ4v) is 4.18. The molecule has 3 aliphatic rings. The number of likely N-dealkylation sites (tertiary alicyclic amines) is 2. The highest BCUT2D eigenvalue weighted by Gasteiger charge is 2.44. The van der Waals surface area contributed by atoms with E-state index in [4.69, 9.17) is 10.5 Å². The number of carbonyl (C=O) groups excluding carboxylic acids is 2. The Balaban J connectivity index is 1.70. The van der Waals surface area contributed by atoms with E-state index in [9.17, 15) is 9.59 Å². The number of amides is 2. The molecular formula is C15H25N3O3. The first-order valence-electron chi connectivity index (χ1n) is 8.00. The van der Waals surface area contributed by atoms with E-state index in [0.29, 0.717) is 18.4 Å². The predicted molar refractivity (Wildman–Crippen MR) is 77.5 cm³/mol. The third kappa shape index (κ3) is 2.61. The molecule has 4 atom stereocenters. The number of carbonyl (C=O) groups is 2. The number of nitrogens with two attached hydrogens (primary N) is 1. The zero-order chi connectivity index (χ0) is 15.0. The summed E-state index contributed by atoms with van der Waals surface area (Å²) in [7, 11) is 1.37. The lowest BCUT2D eigenvalue weighted by atomic mass is 9.92. The van der Waals surface area contributed by atoms with Gasteiger partial charge in [-0.1, -0.05) is 0 Å². The first kappa shape index (κ1) is 14.6. The Morgan fingerprint density at radius 1 is 1.10 bits per heavy atom. The minimum Gasteiger partial charge on any atom is -0.453 e. The lowest BCUT2D eigenvalue weighted by molar-refractivity contribution is -0.140. The Kier molecular flexibility index (Phi) is 4.06. The minimum absolute atomic E-state index is 0.0869. The third-order valence-corrected chi connectivity index (χ3v) is 5.42. The first-order chi connectivity index (χ1) is 10.1. The maximum Gasteiger partial charge on any atom is 0.410 e. The monoisotopic (exact) mass is 295 g/mol. The van der Waals surface area contributed by atoms with Crippen LogP contribution in [0.4, 0.5) is 4.79 Å². The molecule has 6 nitrogen and oxygen atoms in total. The van der Waals surface area contributed by atoms with Crippen molar-refractivity contribution in [2.45, 2.75) is 44.2 Å². The van der Waals surface area contributed by atoms with Gasteiger partial charge in [-0.2, -0.15) is 0 Å². The van der Waals surface area contributed by atoms with Crippen LogP contribution in [0.2, 0.25) is 0 Å². The fourth-order valence-electron chi connectivity index (χ4n) is 4.18. The highest BCUT2D eigenvalue weighted by molar-refractivity contribution is 5.86. The summed E-state index contributed by atoms with van der Waals surface area (Å²) in [6, 6.07) is -0.1000. The minimum atomic E-state index is -0.385. The first-order valence-corrected chi connectivity index (χ1v) is 8.00. The van der Waals surface area contributed by atoms with Crippen LogP contribution in [-0.4, -0.2) is 60.6 Å². The van der Waals surface area contributed by atoms with Crippen LogP contribution in [0.25, 0.3) is 0 Å². The molecule has 2 saturated heterocycles. The van der Waals surface area contributed by atoms with Crippen LogP contribution < -0.4 is 5.73 Å². The van der Waals surface area contributed by atoms with Crippen molar-refractivity contribution in [1.29, 1.82) is 0 Å². The van der Waals surface area contributed by atoms with Gasteiger partial charge in [-0.05, 0) is 43.9 Å². The van der Waals surface area contributed by atoms with E-state index >= 15 is 0 Å². The van der Waals surface area contributed by atoms with Gasteiger partial charge in [0.1, 0.15) is 6.04 Å². The molecule has 3 rings (SSSR count). The topological polar surface area (TPSA) is 75.9 Å². The zero-order valence-electron chi connectivity index (χ0n) is 12.7. The molecule has 1 unspecified atom stereocenters. The number of fused-ring (bicyclic) bond motifs is 2. The molecule has 0 radical (unpaired) electrons. The molecule has 0 aromatic rings. The Morgan fingerprint density at radius 3 is 2.38 bits per heavy atom. The van der Waals surface area contributed by atoms with Crippen molar-refractivity contribution in [3.8, 4) is 0 Å². The summed E-state index contributed by atoms with van der Waals surface area (Å²) in [5.74, 6) is 0.953. The van der Waals surface area contributed by atoms with Gasteiger partial charge in [0.2, 0.25) is 5.91 Å². The molecule has 2 N–H and O–H groups in total. The molecule has 3 fully saturated rings. The van der Waals surface area contributed by atoms with Gasteiger partial charge in [-0.25, -0.2) is 4.79 Å². The fraction of sp³-hybridized carbons (Fsp3) is 0.867. The van der Waals surface area contributed by atoms with Crippen molar-refractivity contribution in [2.24, 2.45) is 17.6 Å². The van der Waals surface area contributed by atoms with Gasteiger partial charge >= 0.3 is 6.09 Å². The Hall–Kier alpha value is -1.30. The number of nitrogens with zero attached hydrogens (tertiary/aromatic N) is 2. The van der Waals surface area contributed by atoms with Crippen molar-refractivity contribution in [3.05, 3.63) is 0 Å². The Labute approximate surface area is 125 Å². The lowest BCUT2D eigenvalue weighted by Gasteiger charge is -2.41. The third-order valence-electron chi connectivity index (χ3n) is 5.42. The highest BCUT2D eigenvalue weighted by atomic mass is 16.5. The molecule has 0 spiro atoms. The van der Waals surface area contributed by atoms with Crippen molar-refractivity contribution >= 4 is 12.0 Å². The molecule has 2 heterocycles. The number of hydrogen-bond acceptors (Lipinski definition) is 4. The van der Waals surface area contributed by atoms with E-state index in [1.807, 2.05) is 4.90 Å². The van der Waals surface area contributed by atoms with Gasteiger partial charge in [-0.15, -0.1) is 0 Å².